The average molecular weight is 402 g/mol. The Labute approximate surface area is 98.3 Å². The number of halogens is 2. The Morgan fingerprint density at radius 3 is 1.17 bits per heavy atom. The van der Waals surface area contributed by atoms with Crippen LogP contribution in [0.1, 0.15) is 0 Å². The van der Waals surface area contributed by atoms with Crippen molar-refractivity contribution in [3.63, 3.8) is 0 Å². The van der Waals surface area contributed by atoms with Crippen molar-refractivity contribution < 1.29 is 20.4 Å². The number of aliphatic hydroxyl groups is 4. The average Bonchev–Trinajstić information content (AvgIpc) is 2.12. The van der Waals surface area contributed by atoms with Crippen LogP contribution >= 0.6 is 45.2 Å². The van der Waals surface area contributed by atoms with E-state index in [0.717, 1.165) is 0 Å². The molecule has 0 spiro atoms. The summed E-state index contributed by atoms with van der Waals surface area (Å²) in [6.07, 6.45) is -4.52. The van der Waals surface area contributed by atoms with E-state index >= 15 is 0 Å². The SMILES string of the molecule is O[C@H]([C@H](O)[C@H](O)CI)[C@H](O)CI. The van der Waals surface area contributed by atoms with E-state index in [-0.39, 0.29) is 0 Å². The van der Waals surface area contributed by atoms with E-state index in [1.54, 1.807) is 0 Å². The van der Waals surface area contributed by atoms with Gasteiger partial charge in [0.05, 0.1) is 12.2 Å². The highest BCUT2D eigenvalue weighted by Crippen LogP contribution is 2.08. The summed E-state index contributed by atoms with van der Waals surface area (Å²) in [5.41, 5.74) is 0. The minimum Gasteiger partial charge on any atom is -0.390 e. The van der Waals surface area contributed by atoms with Crippen LogP contribution in [0, 0.1) is 0 Å². The fourth-order valence-electron chi connectivity index (χ4n) is 0.638. The van der Waals surface area contributed by atoms with Crippen LogP contribution in [0.25, 0.3) is 0 Å². The van der Waals surface area contributed by atoms with Crippen LogP contribution in [0.5, 0.6) is 0 Å². The highest BCUT2D eigenvalue weighted by molar-refractivity contribution is 14.1. The second-order valence-electron chi connectivity index (χ2n) is 2.42. The third-order valence-electron chi connectivity index (χ3n) is 1.45. The van der Waals surface area contributed by atoms with Gasteiger partial charge in [0.1, 0.15) is 12.2 Å². The van der Waals surface area contributed by atoms with Crippen molar-refractivity contribution in [3.8, 4) is 0 Å². The van der Waals surface area contributed by atoms with Crippen molar-refractivity contribution in [1.82, 2.24) is 0 Å². The van der Waals surface area contributed by atoms with E-state index in [9.17, 15) is 10.2 Å². The van der Waals surface area contributed by atoms with Gasteiger partial charge < -0.3 is 20.4 Å². The first kappa shape index (κ1) is 13.3. The highest BCUT2D eigenvalue weighted by atomic mass is 127. The zero-order valence-electron chi connectivity index (χ0n) is 6.27. The molecule has 4 N–H and O–H groups in total. The third kappa shape index (κ3) is 4.01. The lowest BCUT2D eigenvalue weighted by Crippen LogP contribution is -2.45. The Morgan fingerprint density at radius 1 is 0.750 bits per heavy atom. The summed E-state index contributed by atoms with van der Waals surface area (Å²) in [5.74, 6) is 0. The van der Waals surface area contributed by atoms with Crippen LogP contribution in [0.15, 0.2) is 0 Å². The Balaban J connectivity index is 3.99. The van der Waals surface area contributed by atoms with Gasteiger partial charge in [-0.05, 0) is 0 Å². The van der Waals surface area contributed by atoms with Crippen LogP contribution in [0.2, 0.25) is 0 Å². The Morgan fingerprint density at radius 2 is 1.00 bits per heavy atom. The first-order chi connectivity index (χ1) is 5.54. The molecule has 0 amide bonds. The van der Waals surface area contributed by atoms with E-state index in [0.29, 0.717) is 8.86 Å². The van der Waals surface area contributed by atoms with Gasteiger partial charge >= 0.3 is 0 Å². The van der Waals surface area contributed by atoms with E-state index in [1.165, 1.54) is 0 Å². The van der Waals surface area contributed by atoms with Gasteiger partial charge in [0, 0.05) is 8.86 Å². The molecule has 0 saturated heterocycles. The first-order valence-electron chi connectivity index (χ1n) is 3.38. The molecule has 0 aliphatic heterocycles. The predicted octanol–water partition coefficient (Wildman–Crippen LogP) is -0.700. The predicted molar refractivity (Wildman–Crippen MR) is 61.8 cm³/mol. The maximum Gasteiger partial charge on any atom is 0.109 e. The number of hydrogen-bond donors (Lipinski definition) is 4. The minimum absolute atomic E-state index is 0.323. The second-order valence-corrected chi connectivity index (χ2v) is 4.19. The molecular formula is C6H12I2O4. The summed E-state index contributed by atoms with van der Waals surface area (Å²) >= 11 is 3.79. The molecule has 0 unspecified atom stereocenters. The molecule has 0 aromatic rings. The van der Waals surface area contributed by atoms with Crippen molar-refractivity contribution >= 4 is 45.2 Å². The molecule has 12 heavy (non-hydrogen) atoms. The molecule has 0 radical (unpaired) electrons. The minimum atomic E-state index is -1.27. The maximum atomic E-state index is 9.22. The topological polar surface area (TPSA) is 80.9 Å². The summed E-state index contributed by atoms with van der Waals surface area (Å²) in [4.78, 5) is 0. The molecule has 0 aromatic heterocycles. The molecule has 0 fully saturated rings. The number of hydrogen-bond acceptors (Lipinski definition) is 4. The van der Waals surface area contributed by atoms with Crippen LogP contribution in [-0.2, 0) is 0 Å². The molecule has 0 saturated carbocycles. The van der Waals surface area contributed by atoms with E-state index in [1.807, 2.05) is 45.2 Å². The van der Waals surface area contributed by atoms with Crippen LogP contribution < -0.4 is 0 Å². The molecule has 6 heteroatoms. The molecule has 0 heterocycles. The molecule has 0 rings (SSSR count). The Kier molecular flexibility index (Phi) is 7.44. The Bertz CT molecular complexity index is 110. The van der Waals surface area contributed by atoms with Gasteiger partial charge in [0.2, 0.25) is 0 Å². The van der Waals surface area contributed by atoms with Crippen molar-refractivity contribution in [2.75, 3.05) is 8.86 Å². The summed E-state index contributed by atoms with van der Waals surface area (Å²) in [6.45, 7) is 0. The Hall–Kier alpha value is 1.30. The first-order valence-corrected chi connectivity index (χ1v) is 6.43. The second kappa shape index (κ2) is 6.71. The van der Waals surface area contributed by atoms with Crippen LogP contribution in [-0.4, -0.2) is 53.7 Å². The summed E-state index contributed by atoms with van der Waals surface area (Å²) in [5, 5.41) is 36.7. The quantitative estimate of drug-likeness (QED) is 0.363. The zero-order valence-corrected chi connectivity index (χ0v) is 10.6. The van der Waals surface area contributed by atoms with Gasteiger partial charge in [-0.25, -0.2) is 0 Å². The standard InChI is InChI=1S/C6H12I2O4/c7-1-3(9)5(11)6(12)4(10)2-8/h3-6,9-12H,1-2H2/t3-,4-,5-,6+/m1/s1. The van der Waals surface area contributed by atoms with Gasteiger partial charge in [-0.2, -0.15) is 0 Å². The van der Waals surface area contributed by atoms with E-state index in [2.05, 4.69) is 0 Å². The lowest BCUT2D eigenvalue weighted by Gasteiger charge is -2.24. The number of aliphatic hydroxyl groups excluding tert-OH is 4. The molecule has 0 aliphatic rings. The smallest absolute Gasteiger partial charge is 0.109 e. The fourth-order valence-corrected chi connectivity index (χ4v) is 1.68. The molecule has 0 aromatic carbocycles. The van der Waals surface area contributed by atoms with Gasteiger partial charge in [-0.1, -0.05) is 45.2 Å². The maximum absolute atomic E-state index is 9.22. The molecule has 0 bridgehead atoms. The lowest BCUT2D eigenvalue weighted by molar-refractivity contribution is -0.0908. The third-order valence-corrected chi connectivity index (χ3v) is 3.26. The molecular weight excluding hydrogens is 390 g/mol. The largest absolute Gasteiger partial charge is 0.390 e. The van der Waals surface area contributed by atoms with Crippen LogP contribution in [0.4, 0.5) is 0 Å². The zero-order chi connectivity index (χ0) is 9.72. The molecule has 4 nitrogen and oxygen atoms in total. The van der Waals surface area contributed by atoms with E-state index in [4.69, 9.17) is 10.2 Å². The summed E-state index contributed by atoms with van der Waals surface area (Å²) < 4.78 is 0.647. The monoisotopic (exact) mass is 402 g/mol. The van der Waals surface area contributed by atoms with Crippen molar-refractivity contribution in [3.05, 3.63) is 0 Å². The van der Waals surface area contributed by atoms with Crippen LogP contribution in [0.3, 0.4) is 0 Å². The normalized spacial score (nSPS) is 21.5. The van der Waals surface area contributed by atoms with Gasteiger partial charge in [-0.3, -0.25) is 0 Å². The van der Waals surface area contributed by atoms with Gasteiger partial charge in [0.15, 0.2) is 0 Å². The summed E-state index contributed by atoms with van der Waals surface area (Å²) in [7, 11) is 0. The van der Waals surface area contributed by atoms with Crippen molar-refractivity contribution in [2.45, 2.75) is 24.4 Å². The molecule has 74 valence electrons. The fraction of sp³-hybridized carbons (Fsp3) is 1.00. The number of rotatable bonds is 5. The van der Waals surface area contributed by atoms with Gasteiger partial charge in [-0.15, -0.1) is 0 Å². The molecule has 0 aliphatic carbocycles. The van der Waals surface area contributed by atoms with Gasteiger partial charge in [0.25, 0.3) is 0 Å². The molecule has 4 atom stereocenters. The number of alkyl halides is 2. The van der Waals surface area contributed by atoms with Crippen molar-refractivity contribution in [1.29, 1.82) is 0 Å². The highest BCUT2D eigenvalue weighted by Gasteiger charge is 2.28. The van der Waals surface area contributed by atoms with Crippen molar-refractivity contribution in [2.24, 2.45) is 0 Å². The lowest BCUT2D eigenvalue weighted by atomic mass is 10.1. The summed E-state index contributed by atoms with van der Waals surface area (Å²) in [6, 6.07) is 0. The van der Waals surface area contributed by atoms with E-state index < -0.39 is 24.4 Å².